The van der Waals surface area contributed by atoms with Gasteiger partial charge in [-0.1, -0.05) is 13.3 Å². The van der Waals surface area contributed by atoms with Crippen LogP contribution in [0.2, 0.25) is 0 Å². The van der Waals surface area contributed by atoms with Gasteiger partial charge in [-0.15, -0.1) is 0 Å². The van der Waals surface area contributed by atoms with Crippen molar-refractivity contribution >= 4 is 23.5 Å². The van der Waals surface area contributed by atoms with Gasteiger partial charge in [0.25, 0.3) is 5.91 Å². The first-order valence-corrected chi connectivity index (χ1v) is 7.27. The molecule has 0 aliphatic rings. The second-order valence-corrected chi connectivity index (χ2v) is 4.74. The molecule has 0 unspecified atom stereocenters. The third kappa shape index (κ3) is 7.09. The molecule has 7 heteroatoms. The lowest BCUT2D eigenvalue weighted by molar-refractivity contribution is -0.124. The van der Waals surface area contributed by atoms with Crippen molar-refractivity contribution in [3.8, 4) is 6.07 Å². The van der Waals surface area contributed by atoms with E-state index in [1.54, 1.807) is 6.07 Å². The van der Waals surface area contributed by atoms with Gasteiger partial charge < -0.3 is 15.4 Å². The van der Waals surface area contributed by atoms with E-state index in [0.717, 1.165) is 12.8 Å². The summed E-state index contributed by atoms with van der Waals surface area (Å²) in [6.45, 7) is 2.24. The number of carbonyl (C=O) groups excluding carboxylic acids is 3. The van der Waals surface area contributed by atoms with Gasteiger partial charge in [0.2, 0.25) is 5.91 Å². The van der Waals surface area contributed by atoms with Crippen molar-refractivity contribution < 1.29 is 19.1 Å². The summed E-state index contributed by atoms with van der Waals surface area (Å²) < 4.78 is 4.90. The smallest absolute Gasteiger partial charge is 0.338 e. The molecule has 0 atom stereocenters. The molecule has 122 valence electrons. The number of nitrogens with one attached hydrogen (secondary N) is 2. The molecule has 0 aliphatic carbocycles. The van der Waals surface area contributed by atoms with Crippen LogP contribution >= 0.6 is 0 Å². The molecule has 0 aromatic heterocycles. The molecule has 0 saturated carbocycles. The average molecular weight is 317 g/mol. The van der Waals surface area contributed by atoms with E-state index in [0.29, 0.717) is 12.2 Å². The summed E-state index contributed by atoms with van der Waals surface area (Å²) in [5, 5.41) is 13.6. The summed E-state index contributed by atoms with van der Waals surface area (Å²) in [5.41, 5.74) is 0.740. The van der Waals surface area contributed by atoms with Gasteiger partial charge in [0.15, 0.2) is 6.61 Å². The topological polar surface area (TPSA) is 108 Å². The lowest BCUT2D eigenvalue weighted by atomic mass is 10.2. The first kappa shape index (κ1) is 18.2. The van der Waals surface area contributed by atoms with Gasteiger partial charge in [-0.05, 0) is 30.7 Å². The van der Waals surface area contributed by atoms with Crippen molar-refractivity contribution in [3.63, 3.8) is 0 Å². The Morgan fingerprint density at radius 3 is 2.48 bits per heavy atom. The number of carbonyl (C=O) groups is 3. The normalized spacial score (nSPS) is 9.57. The monoisotopic (exact) mass is 317 g/mol. The fourth-order valence-corrected chi connectivity index (χ4v) is 1.64. The highest BCUT2D eigenvalue weighted by atomic mass is 16.5. The number of amides is 2. The molecule has 0 fully saturated rings. The molecule has 1 rings (SSSR count). The van der Waals surface area contributed by atoms with Gasteiger partial charge in [0, 0.05) is 12.2 Å². The quantitative estimate of drug-likeness (QED) is 0.559. The van der Waals surface area contributed by atoms with Crippen molar-refractivity contribution in [3.05, 3.63) is 29.8 Å². The van der Waals surface area contributed by atoms with Crippen LogP contribution in [0, 0.1) is 11.3 Å². The number of unbranched alkanes of at least 4 members (excludes halogenated alkanes) is 1. The molecular weight excluding hydrogens is 298 g/mol. The maximum atomic E-state index is 11.8. The van der Waals surface area contributed by atoms with Crippen LogP contribution in [0.15, 0.2) is 24.3 Å². The number of anilines is 1. The maximum absolute atomic E-state index is 11.8. The molecule has 7 nitrogen and oxygen atoms in total. The molecule has 2 amide bonds. The number of nitrogens with zero attached hydrogens (tertiary/aromatic N) is 1. The summed E-state index contributed by atoms with van der Waals surface area (Å²) in [5.74, 6) is -1.38. The van der Waals surface area contributed by atoms with E-state index in [4.69, 9.17) is 10.00 Å². The van der Waals surface area contributed by atoms with Crippen molar-refractivity contribution in [2.75, 3.05) is 18.5 Å². The van der Waals surface area contributed by atoms with E-state index in [1.165, 1.54) is 24.3 Å². The lowest BCUT2D eigenvalue weighted by Gasteiger charge is -2.07. The van der Waals surface area contributed by atoms with E-state index < -0.39 is 11.9 Å². The Hall–Kier alpha value is -2.88. The average Bonchev–Trinajstić information content (AvgIpc) is 2.54. The van der Waals surface area contributed by atoms with Gasteiger partial charge in [-0.2, -0.15) is 5.26 Å². The zero-order chi connectivity index (χ0) is 17.1. The first-order chi connectivity index (χ1) is 11.1. The van der Waals surface area contributed by atoms with Crippen molar-refractivity contribution in [2.24, 2.45) is 0 Å². The fraction of sp³-hybridized carbons (Fsp3) is 0.375. The van der Waals surface area contributed by atoms with Crippen LogP contribution in [0.25, 0.3) is 0 Å². The first-order valence-electron chi connectivity index (χ1n) is 7.27. The summed E-state index contributed by atoms with van der Waals surface area (Å²) in [7, 11) is 0. The SMILES string of the molecule is CCCCNC(=O)COC(=O)c1ccc(NC(=O)CC#N)cc1. The van der Waals surface area contributed by atoms with Crippen LogP contribution in [0.4, 0.5) is 5.69 Å². The second kappa shape index (κ2) is 9.95. The predicted octanol–water partition coefficient (Wildman–Crippen LogP) is 1.61. The lowest BCUT2D eigenvalue weighted by Crippen LogP contribution is -2.29. The van der Waals surface area contributed by atoms with E-state index in [9.17, 15) is 14.4 Å². The minimum atomic E-state index is -0.620. The van der Waals surface area contributed by atoms with E-state index in [-0.39, 0.29) is 24.5 Å². The van der Waals surface area contributed by atoms with Crippen LogP contribution < -0.4 is 10.6 Å². The molecule has 2 N–H and O–H groups in total. The van der Waals surface area contributed by atoms with Gasteiger partial charge in [-0.25, -0.2) is 4.79 Å². The molecule has 1 aromatic rings. The van der Waals surface area contributed by atoms with Crippen LogP contribution in [0.3, 0.4) is 0 Å². The summed E-state index contributed by atoms with van der Waals surface area (Å²) in [6.07, 6.45) is 1.60. The minimum absolute atomic E-state index is 0.239. The molecule has 1 aromatic carbocycles. The van der Waals surface area contributed by atoms with Crippen LogP contribution in [-0.4, -0.2) is 30.9 Å². The van der Waals surface area contributed by atoms with Crippen LogP contribution in [-0.2, 0) is 14.3 Å². The highest BCUT2D eigenvalue weighted by molar-refractivity contribution is 5.94. The molecular formula is C16H19N3O4. The molecule has 0 bridgehead atoms. The Bertz CT molecular complexity index is 590. The number of hydrogen-bond acceptors (Lipinski definition) is 5. The van der Waals surface area contributed by atoms with Crippen molar-refractivity contribution in [1.82, 2.24) is 5.32 Å². The molecule has 0 heterocycles. The molecule has 0 spiro atoms. The highest BCUT2D eigenvalue weighted by Gasteiger charge is 2.10. The van der Waals surface area contributed by atoms with E-state index in [2.05, 4.69) is 10.6 Å². The van der Waals surface area contributed by atoms with Crippen LogP contribution in [0.5, 0.6) is 0 Å². The standard InChI is InChI=1S/C16H19N3O4/c1-2-3-10-18-15(21)11-23-16(22)12-4-6-13(7-5-12)19-14(20)8-9-17/h4-7H,2-3,8,10-11H2,1H3,(H,18,21)(H,19,20). The van der Waals surface area contributed by atoms with Crippen molar-refractivity contribution in [2.45, 2.75) is 26.2 Å². The van der Waals surface area contributed by atoms with Gasteiger partial charge in [-0.3, -0.25) is 9.59 Å². The second-order valence-electron chi connectivity index (χ2n) is 4.74. The number of nitriles is 1. The van der Waals surface area contributed by atoms with Crippen molar-refractivity contribution in [1.29, 1.82) is 5.26 Å². The number of benzene rings is 1. The predicted molar refractivity (Wildman–Crippen MR) is 83.5 cm³/mol. The zero-order valence-electron chi connectivity index (χ0n) is 12.9. The van der Waals surface area contributed by atoms with E-state index >= 15 is 0 Å². The zero-order valence-corrected chi connectivity index (χ0v) is 12.9. The van der Waals surface area contributed by atoms with E-state index in [1.807, 2.05) is 6.92 Å². The highest BCUT2D eigenvalue weighted by Crippen LogP contribution is 2.10. The Balaban J connectivity index is 2.43. The summed E-state index contributed by atoms with van der Waals surface area (Å²) in [4.78, 5) is 34.5. The Labute approximate surface area is 134 Å². The Morgan fingerprint density at radius 2 is 1.87 bits per heavy atom. The largest absolute Gasteiger partial charge is 0.452 e. The maximum Gasteiger partial charge on any atom is 0.338 e. The molecule has 0 saturated heterocycles. The summed E-state index contributed by atoms with van der Waals surface area (Å²) >= 11 is 0. The number of esters is 1. The molecule has 23 heavy (non-hydrogen) atoms. The van der Waals surface area contributed by atoms with Gasteiger partial charge in [0.05, 0.1) is 11.6 Å². The number of rotatable bonds is 8. The fourth-order valence-electron chi connectivity index (χ4n) is 1.64. The number of hydrogen-bond donors (Lipinski definition) is 2. The summed E-state index contributed by atoms with van der Waals surface area (Å²) in [6, 6.07) is 7.72. The van der Waals surface area contributed by atoms with Gasteiger partial charge >= 0.3 is 5.97 Å². The Morgan fingerprint density at radius 1 is 1.17 bits per heavy atom. The number of ether oxygens (including phenoxy) is 1. The third-order valence-corrected chi connectivity index (χ3v) is 2.83. The Kier molecular flexibility index (Phi) is 7.86. The third-order valence-electron chi connectivity index (χ3n) is 2.83. The molecule has 0 radical (unpaired) electrons. The molecule has 0 aliphatic heterocycles. The van der Waals surface area contributed by atoms with Gasteiger partial charge in [0.1, 0.15) is 6.42 Å². The van der Waals surface area contributed by atoms with Crippen LogP contribution in [0.1, 0.15) is 36.5 Å². The minimum Gasteiger partial charge on any atom is -0.452 e.